The van der Waals surface area contributed by atoms with E-state index in [-0.39, 0.29) is 23.8 Å². The number of aliphatic hydroxyl groups excluding tert-OH is 3. The molecule has 40 heavy (non-hydrogen) atoms. The molecule has 4 aromatic rings. The molecule has 1 saturated carbocycles. The quantitative estimate of drug-likeness (QED) is 0.150. The van der Waals surface area contributed by atoms with Gasteiger partial charge in [-0.1, -0.05) is 0 Å². The summed E-state index contributed by atoms with van der Waals surface area (Å²) in [6, 6.07) is 1.26. The number of rotatable bonds is 7. The van der Waals surface area contributed by atoms with E-state index in [4.69, 9.17) is 19.5 Å². The Hall–Kier alpha value is -3.06. The number of nitrogens with two attached hydrogens (primary N) is 1. The Kier molecular flexibility index (Phi) is 5.97. The maximum Gasteiger partial charge on any atom is 0.698 e. The van der Waals surface area contributed by atoms with Gasteiger partial charge in [0, 0.05) is 29.2 Å². The summed E-state index contributed by atoms with van der Waals surface area (Å²) in [6.07, 6.45) is -0.265. The summed E-state index contributed by atoms with van der Waals surface area (Å²) in [6.45, 7) is -0.288. The number of ether oxygens (including phenoxy) is 1. The molecule has 0 spiro atoms. The minimum Gasteiger partial charge on any atom is -0.389 e. The first-order chi connectivity index (χ1) is 19.2. The van der Waals surface area contributed by atoms with E-state index < -0.39 is 61.2 Å². The van der Waals surface area contributed by atoms with Crippen molar-refractivity contribution in [1.82, 2.24) is 33.5 Å². The van der Waals surface area contributed by atoms with Crippen molar-refractivity contribution in [3.63, 3.8) is 0 Å². The van der Waals surface area contributed by atoms with Crippen molar-refractivity contribution in [1.29, 1.82) is 0 Å². The van der Waals surface area contributed by atoms with Crippen LogP contribution in [0.15, 0.2) is 42.1 Å². The number of aliphatic hydroxyl groups is 4. The van der Waals surface area contributed by atoms with Gasteiger partial charge in [-0.15, -0.1) is 20.8 Å². The second-order valence-electron chi connectivity index (χ2n) is 9.61. The molecule has 17 nitrogen and oxygen atoms in total. The zero-order valence-electron chi connectivity index (χ0n) is 20.2. The average Bonchev–Trinajstić information content (AvgIpc) is 3.52. The standard InChI is InChI=1S/C21H22N8O9PS/c22-16-10-17(25-6-24-16)29(7-26-10)19-12(32)11(31)8(40-19)5-36-39(35)38-15-18(37-14-13(33)21(14,15)34)28-3-1-9(30)27-4-2-23-20(27)28/h1-4,6-8,11-15,18-19,31-34H,5H2,(H2,22,24,25)/q+1/t8-,11-,12-,13?,14-,15+,18-,19-,21-/m1/s1. The second kappa shape index (κ2) is 9.23. The van der Waals surface area contributed by atoms with Gasteiger partial charge in [0.1, 0.15) is 42.1 Å². The molecule has 3 fully saturated rings. The minimum atomic E-state index is -2.90. The average molecular weight is 593 g/mol. The van der Waals surface area contributed by atoms with E-state index in [1.54, 1.807) is 4.57 Å². The molecule has 210 valence electrons. The molecule has 2 saturated heterocycles. The Bertz CT molecular complexity index is 1700. The first-order valence-electron chi connectivity index (χ1n) is 12.0. The second-order valence-corrected chi connectivity index (χ2v) is 11.9. The summed E-state index contributed by atoms with van der Waals surface area (Å²) >= 11 is 1.15. The molecule has 6 N–H and O–H groups in total. The lowest BCUT2D eigenvalue weighted by molar-refractivity contribution is -0.0854. The number of hydrogen-bond donors (Lipinski definition) is 5. The van der Waals surface area contributed by atoms with Gasteiger partial charge < -0.3 is 30.9 Å². The first kappa shape index (κ1) is 25.9. The number of imidazole rings is 2. The normalized spacial score (nSPS) is 35.5. The van der Waals surface area contributed by atoms with Crippen LogP contribution in [0.1, 0.15) is 11.6 Å². The van der Waals surface area contributed by atoms with Gasteiger partial charge in [-0.2, -0.15) is 0 Å². The smallest absolute Gasteiger partial charge is 0.389 e. The molecule has 1 aliphatic carbocycles. The SMILES string of the molecule is Nc1ncnc2c1ncn2[C@@H]1S[C@H](CO[P+](=O)O[C@H]2[C@H](n3ccc(=O)n4ccnc34)O[C@@H]3C(O)[C@@]32O)[C@@H](O)[C@H]1O. The molecule has 0 aromatic carbocycles. The zero-order valence-corrected chi connectivity index (χ0v) is 21.9. The number of aromatic nitrogens is 7. The topological polar surface area (TPSA) is 235 Å². The van der Waals surface area contributed by atoms with Crippen LogP contribution in [-0.2, 0) is 18.3 Å². The third-order valence-corrected chi connectivity index (χ3v) is 9.70. The summed E-state index contributed by atoms with van der Waals surface area (Å²) < 4.78 is 33.9. The van der Waals surface area contributed by atoms with Crippen LogP contribution in [0.25, 0.3) is 16.9 Å². The first-order valence-corrected chi connectivity index (χ1v) is 14.1. The fraction of sp³-hybridized carbons (Fsp3) is 0.476. The highest BCUT2D eigenvalue weighted by Gasteiger charge is 2.79. The van der Waals surface area contributed by atoms with E-state index in [2.05, 4.69) is 19.9 Å². The summed E-state index contributed by atoms with van der Waals surface area (Å²) in [4.78, 5) is 28.5. The molecule has 2 unspecified atom stereocenters. The van der Waals surface area contributed by atoms with Crippen molar-refractivity contribution in [2.75, 3.05) is 12.3 Å². The number of thioether (sulfide) groups is 1. The van der Waals surface area contributed by atoms with Gasteiger partial charge in [0.15, 0.2) is 29.4 Å². The third-order valence-electron chi connectivity index (χ3n) is 7.39. The van der Waals surface area contributed by atoms with Crippen molar-refractivity contribution in [2.24, 2.45) is 0 Å². The van der Waals surface area contributed by atoms with Crippen LogP contribution in [0, 0.1) is 0 Å². The highest BCUT2D eigenvalue weighted by molar-refractivity contribution is 8.00. The van der Waals surface area contributed by atoms with Gasteiger partial charge in [0.05, 0.1) is 17.7 Å². The van der Waals surface area contributed by atoms with Crippen molar-refractivity contribution < 1.29 is 38.8 Å². The van der Waals surface area contributed by atoms with Gasteiger partial charge in [-0.25, -0.2) is 19.9 Å². The van der Waals surface area contributed by atoms with Crippen LogP contribution in [-0.4, -0.2) is 102 Å². The van der Waals surface area contributed by atoms with Gasteiger partial charge in [0.2, 0.25) is 5.78 Å². The van der Waals surface area contributed by atoms with Gasteiger partial charge in [-0.05, 0) is 0 Å². The maximum absolute atomic E-state index is 12.9. The summed E-state index contributed by atoms with van der Waals surface area (Å²) in [5.74, 6) is 0.358. The Labute approximate surface area is 228 Å². The van der Waals surface area contributed by atoms with Crippen LogP contribution < -0.4 is 11.3 Å². The monoisotopic (exact) mass is 593 g/mol. The number of nitrogens with zero attached hydrogens (tertiary/aromatic N) is 7. The van der Waals surface area contributed by atoms with Crippen LogP contribution in [0.4, 0.5) is 5.82 Å². The highest BCUT2D eigenvalue weighted by Crippen LogP contribution is 2.57. The number of hydrogen-bond acceptors (Lipinski definition) is 15. The largest absolute Gasteiger partial charge is 0.698 e. The lowest BCUT2D eigenvalue weighted by Crippen LogP contribution is -2.39. The van der Waals surface area contributed by atoms with Crippen LogP contribution in [0.2, 0.25) is 0 Å². The minimum absolute atomic E-state index is 0.172. The number of anilines is 1. The number of nitrogen functional groups attached to an aromatic ring is 1. The Morgan fingerprint density at radius 2 is 1.98 bits per heavy atom. The number of fused-ring (bicyclic) bond motifs is 3. The predicted octanol–water partition coefficient (Wildman–Crippen LogP) is -1.68. The molecule has 0 amide bonds. The Morgan fingerprint density at radius 3 is 2.80 bits per heavy atom. The summed E-state index contributed by atoms with van der Waals surface area (Å²) in [7, 11) is -2.90. The molecule has 7 rings (SSSR count). The molecular formula is C21H22N8O9PS+. The molecule has 2 aliphatic heterocycles. The molecule has 0 radical (unpaired) electrons. The van der Waals surface area contributed by atoms with Gasteiger partial charge in [0.25, 0.3) is 5.56 Å². The van der Waals surface area contributed by atoms with Crippen molar-refractivity contribution in [3.8, 4) is 0 Å². The Morgan fingerprint density at radius 1 is 1.15 bits per heavy atom. The van der Waals surface area contributed by atoms with Crippen LogP contribution in [0.3, 0.4) is 0 Å². The lowest BCUT2D eigenvalue weighted by Gasteiger charge is -2.23. The van der Waals surface area contributed by atoms with Gasteiger partial charge in [-0.3, -0.25) is 18.3 Å². The van der Waals surface area contributed by atoms with Crippen molar-refractivity contribution >= 4 is 42.8 Å². The van der Waals surface area contributed by atoms with E-state index in [9.17, 15) is 29.8 Å². The van der Waals surface area contributed by atoms with E-state index in [0.717, 1.165) is 11.8 Å². The molecule has 10 atom stereocenters. The van der Waals surface area contributed by atoms with E-state index in [1.807, 2.05) is 0 Å². The molecule has 4 aromatic heterocycles. The van der Waals surface area contributed by atoms with Crippen LogP contribution in [0.5, 0.6) is 0 Å². The summed E-state index contributed by atoms with van der Waals surface area (Å²) in [5, 5.41) is 41.1. The van der Waals surface area contributed by atoms with E-state index in [1.165, 1.54) is 46.3 Å². The molecular weight excluding hydrogens is 571 g/mol. The summed E-state index contributed by atoms with van der Waals surface area (Å²) in [5.41, 5.74) is 4.36. The van der Waals surface area contributed by atoms with Crippen molar-refractivity contribution in [3.05, 3.63) is 47.7 Å². The molecule has 0 bridgehead atoms. The van der Waals surface area contributed by atoms with E-state index >= 15 is 0 Å². The lowest BCUT2D eigenvalue weighted by atomic mass is 10.1. The van der Waals surface area contributed by atoms with Gasteiger partial charge >= 0.3 is 8.25 Å². The molecule has 3 aliphatic rings. The highest BCUT2D eigenvalue weighted by atomic mass is 32.2. The third kappa shape index (κ3) is 3.73. The molecule has 6 heterocycles. The fourth-order valence-electron chi connectivity index (χ4n) is 5.21. The predicted molar refractivity (Wildman–Crippen MR) is 135 cm³/mol. The zero-order chi connectivity index (χ0) is 27.9. The maximum atomic E-state index is 12.9. The van der Waals surface area contributed by atoms with Crippen molar-refractivity contribution in [2.45, 2.75) is 53.0 Å². The van der Waals surface area contributed by atoms with Crippen LogP contribution >= 0.6 is 20.0 Å². The fourth-order valence-corrected chi connectivity index (χ4v) is 7.55. The van der Waals surface area contributed by atoms with E-state index in [0.29, 0.717) is 11.2 Å². The Balaban J connectivity index is 1.06. The molecule has 19 heteroatoms.